The fraction of sp³-hybridized carbons (Fsp3) is 0.0769. The first kappa shape index (κ1) is 12.3. The normalized spacial score (nSPS) is 10.0. The van der Waals surface area contributed by atoms with Crippen molar-refractivity contribution >= 4 is 28.9 Å². The zero-order chi connectivity index (χ0) is 13.0. The fourth-order valence-corrected chi connectivity index (χ4v) is 2.18. The molecule has 0 radical (unpaired) electrons. The highest BCUT2D eigenvalue weighted by Crippen LogP contribution is 2.14. The van der Waals surface area contributed by atoms with Crippen LogP contribution in [-0.2, 0) is 11.2 Å². The number of carbonyl (C=O) groups excluding carboxylic acids is 1. The molecule has 0 bridgehead atoms. The highest BCUT2D eigenvalue weighted by Gasteiger charge is 2.12. The van der Waals surface area contributed by atoms with Gasteiger partial charge in [-0.15, -0.1) is 0 Å². The molecular formula is C13H11NO3S. The topological polar surface area (TPSA) is 66.4 Å². The number of rotatable bonds is 4. The molecule has 0 spiro atoms. The number of anilines is 1. The van der Waals surface area contributed by atoms with E-state index in [1.165, 1.54) is 17.4 Å². The van der Waals surface area contributed by atoms with Crippen LogP contribution in [0.4, 0.5) is 5.69 Å². The first-order valence-corrected chi connectivity index (χ1v) is 6.24. The molecule has 0 atom stereocenters. The number of hydrogen-bond acceptors (Lipinski definition) is 3. The highest BCUT2D eigenvalue weighted by molar-refractivity contribution is 7.08. The summed E-state index contributed by atoms with van der Waals surface area (Å²) in [6, 6.07) is 8.31. The number of carbonyl (C=O) groups is 2. The summed E-state index contributed by atoms with van der Waals surface area (Å²) in [5.41, 5.74) is 1.41. The summed E-state index contributed by atoms with van der Waals surface area (Å²) in [6.07, 6.45) is 0.0539. The van der Waals surface area contributed by atoms with Crippen molar-refractivity contribution in [1.82, 2.24) is 0 Å². The number of aromatic carboxylic acids is 1. The van der Waals surface area contributed by atoms with E-state index in [1.807, 2.05) is 10.8 Å². The molecule has 1 aromatic carbocycles. The van der Waals surface area contributed by atoms with E-state index in [0.717, 1.165) is 5.69 Å². The van der Waals surface area contributed by atoms with Crippen LogP contribution in [0.5, 0.6) is 0 Å². The van der Waals surface area contributed by atoms with Crippen LogP contribution in [-0.4, -0.2) is 17.0 Å². The van der Waals surface area contributed by atoms with Crippen molar-refractivity contribution in [3.05, 3.63) is 52.2 Å². The van der Waals surface area contributed by atoms with Crippen LogP contribution in [0.15, 0.2) is 41.1 Å². The summed E-state index contributed by atoms with van der Waals surface area (Å²) < 4.78 is 0. The van der Waals surface area contributed by atoms with Gasteiger partial charge in [0.25, 0.3) is 0 Å². The van der Waals surface area contributed by atoms with Crippen LogP contribution in [0.25, 0.3) is 0 Å². The van der Waals surface area contributed by atoms with E-state index in [4.69, 9.17) is 5.11 Å². The van der Waals surface area contributed by atoms with Gasteiger partial charge in [-0.25, -0.2) is 4.79 Å². The summed E-state index contributed by atoms with van der Waals surface area (Å²) >= 11 is 1.49. The lowest BCUT2D eigenvalue weighted by molar-refractivity contribution is -0.115. The standard InChI is InChI=1S/C13H11NO3S/c15-12(14-10-5-6-18-8-10)7-9-3-1-2-4-11(9)13(16)17/h1-6,8H,7H2,(H,14,15)(H,16,17). The molecule has 18 heavy (non-hydrogen) atoms. The molecule has 0 saturated carbocycles. The van der Waals surface area contributed by atoms with Crippen molar-refractivity contribution in [2.75, 3.05) is 5.32 Å². The van der Waals surface area contributed by atoms with E-state index < -0.39 is 5.97 Å². The molecule has 0 aliphatic carbocycles. The van der Waals surface area contributed by atoms with Gasteiger partial charge in [0.1, 0.15) is 0 Å². The number of thiophene rings is 1. The molecule has 0 aliphatic rings. The molecule has 0 saturated heterocycles. The SMILES string of the molecule is O=C(Cc1ccccc1C(=O)O)Nc1ccsc1. The monoisotopic (exact) mass is 261 g/mol. The Morgan fingerprint density at radius 1 is 1.22 bits per heavy atom. The van der Waals surface area contributed by atoms with Crippen molar-refractivity contribution in [2.45, 2.75) is 6.42 Å². The van der Waals surface area contributed by atoms with Gasteiger partial charge in [-0.1, -0.05) is 18.2 Å². The van der Waals surface area contributed by atoms with E-state index in [9.17, 15) is 9.59 Å². The zero-order valence-electron chi connectivity index (χ0n) is 9.42. The molecule has 0 aliphatic heterocycles. The zero-order valence-corrected chi connectivity index (χ0v) is 10.2. The summed E-state index contributed by atoms with van der Waals surface area (Å²) in [4.78, 5) is 22.7. The van der Waals surface area contributed by atoms with Gasteiger partial charge in [0, 0.05) is 5.38 Å². The Hall–Kier alpha value is -2.14. The Bertz CT molecular complexity index is 563. The van der Waals surface area contributed by atoms with Crippen molar-refractivity contribution < 1.29 is 14.7 Å². The van der Waals surface area contributed by atoms with Crippen LogP contribution < -0.4 is 5.32 Å². The average molecular weight is 261 g/mol. The number of carboxylic acid groups (broad SMARTS) is 1. The lowest BCUT2D eigenvalue weighted by Crippen LogP contribution is -2.16. The molecule has 2 N–H and O–H groups in total. The van der Waals surface area contributed by atoms with Gasteiger partial charge in [0.15, 0.2) is 0 Å². The van der Waals surface area contributed by atoms with Crippen LogP contribution in [0, 0.1) is 0 Å². The molecule has 5 heteroatoms. The molecule has 1 heterocycles. The lowest BCUT2D eigenvalue weighted by atomic mass is 10.0. The van der Waals surface area contributed by atoms with Gasteiger partial charge in [0.05, 0.1) is 17.7 Å². The Labute approximate surface area is 108 Å². The van der Waals surface area contributed by atoms with E-state index in [-0.39, 0.29) is 17.9 Å². The maximum absolute atomic E-state index is 11.8. The first-order valence-electron chi connectivity index (χ1n) is 5.30. The molecule has 4 nitrogen and oxygen atoms in total. The predicted octanol–water partition coefficient (Wildman–Crippen LogP) is 2.63. The third-order valence-electron chi connectivity index (χ3n) is 2.40. The molecule has 1 aromatic heterocycles. The number of nitrogens with one attached hydrogen (secondary N) is 1. The quantitative estimate of drug-likeness (QED) is 0.889. The van der Waals surface area contributed by atoms with Crippen LogP contribution in [0.1, 0.15) is 15.9 Å². The Kier molecular flexibility index (Phi) is 3.74. The van der Waals surface area contributed by atoms with Crippen molar-refractivity contribution in [1.29, 1.82) is 0 Å². The minimum Gasteiger partial charge on any atom is -0.478 e. The third-order valence-corrected chi connectivity index (χ3v) is 3.09. The van der Waals surface area contributed by atoms with E-state index in [1.54, 1.807) is 24.3 Å². The van der Waals surface area contributed by atoms with E-state index >= 15 is 0 Å². The van der Waals surface area contributed by atoms with Gasteiger partial charge in [-0.2, -0.15) is 11.3 Å². The highest BCUT2D eigenvalue weighted by atomic mass is 32.1. The van der Waals surface area contributed by atoms with Crippen LogP contribution in [0.3, 0.4) is 0 Å². The number of carboxylic acids is 1. The number of amides is 1. The molecule has 2 aromatic rings. The van der Waals surface area contributed by atoms with E-state index in [0.29, 0.717) is 5.56 Å². The Balaban J connectivity index is 2.09. The molecule has 0 unspecified atom stereocenters. The van der Waals surface area contributed by atoms with Crippen LogP contribution in [0.2, 0.25) is 0 Å². The first-order chi connectivity index (χ1) is 8.66. The molecule has 0 fully saturated rings. The largest absolute Gasteiger partial charge is 0.478 e. The van der Waals surface area contributed by atoms with Gasteiger partial charge in [0.2, 0.25) is 5.91 Å². The predicted molar refractivity (Wildman–Crippen MR) is 70.1 cm³/mol. The summed E-state index contributed by atoms with van der Waals surface area (Å²) in [7, 11) is 0. The number of hydrogen-bond donors (Lipinski definition) is 2. The molecular weight excluding hydrogens is 250 g/mol. The van der Waals surface area contributed by atoms with Crippen LogP contribution >= 0.6 is 11.3 Å². The fourth-order valence-electron chi connectivity index (χ4n) is 1.60. The van der Waals surface area contributed by atoms with Crippen molar-refractivity contribution in [2.24, 2.45) is 0 Å². The average Bonchev–Trinajstić information content (AvgIpc) is 2.82. The number of benzene rings is 1. The maximum Gasteiger partial charge on any atom is 0.335 e. The van der Waals surface area contributed by atoms with E-state index in [2.05, 4.69) is 5.32 Å². The second-order valence-corrected chi connectivity index (χ2v) is 4.48. The second kappa shape index (κ2) is 5.46. The van der Waals surface area contributed by atoms with Crippen molar-refractivity contribution in [3.8, 4) is 0 Å². The molecule has 1 amide bonds. The Morgan fingerprint density at radius 3 is 2.67 bits per heavy atom. The van der Waals surface area contributed by atoms with Gasteiger partial charge in [-0.05, 0) is 23.1 Å². The van der Waals surface area contributed by atoms with Crippen molar-refractivity contribution in [3.63, 3.8) is 0 Å². The maximum atomic E-state index is 11.8. The summed E-state index contributed by atoms with van der Waals surface area (Å²) in [5, 5.41) is 15.4. The summed E-state index contributed by atoms with van der Waals surface area (Å²) in [5.74, 6) is -1.24. The van der Waals surface area contributed by atoms with Gasteiger partial charge < -0.3 is 10.4 Å². The minimum absolute atomic E-state index is 0.0539. The third kappa shape index (κ3) is 2.95. The summed E-state index contributed by atoms with van der Waals surface area (Å²) in [6.45, 7) is 0. The second-order valence-electron chi connectivity index (χ2n) is 3.70. The molecule has 92 valence electrons. The minimum atomic E-state index is -1.02. The lowest BCUT2D eigenvalue weighted by Gasteiger charge is -2.06. The van der Waals surface area contributed by atoms with Gasteiger partial charge in [-0.3, -0.25) is 4.79 Å². The Morgan fingerprint density at radius 2 is 2.00 bits per heavy atom. The van der Waals surface area contributed by atoms with Gasteiger partial charge >= 0.3 is 5.97 Å². The smallest absolute Gasteiger partial charge is 0.335 e. The molecule has 2 rings (SSSR count).